The first-order valence-electron chi connectivity index (χ1n) is 8.20. The van der Waals surface area contributed by atoms with Gasteiger partial charge >= 0.3 is 5.97 Å². The summed E-state index contributed by atoms with van der Waals surface area (Å²) in [5, 5.41) is 0. The molecule has 0 aliphatic heterocycles. The molecule has 1 atom stereocenters. The SMILES string of the molecule is Cc1ccc(S(C)(OC(=O)c2ccccc2)c2ccccc2)cc1C. The van der Waals surface area contributed by atoms with Crippen molar-refractivity contribution < 1.29 is 8.98 Å². The zero-order chi connectivity index (χ0) is 17.9. The topological polar surface area (TPSA) is 26.3 Å². The molecule has 2 nitrogen and oxygen atoms in total. The second-order valence-electron chi connectivity index (χ2n) is 6.14. The lowest BCUT2D eigenvalue weighted by Crippen LogP contribution is -2.12. The molecular formula is C22H22O2S. The lowest BCUT2D eigenvalue weighted by atomic mass is 10.1. The van der Waals surface area contributed by atoms with E-state index in [0.29, 0.717) is 5.56 Å². The zero-order valence-corrected chi connectivity index (χ0v) is 15.5. The van der Waals surface area contributed by atoms with Crippen LogP contribution in [-0.4, -0.2) is 12.2 Å². The Morgan fingerprint density at radius 1 is 0.760 bits per heavy atom. The summed E-state index contributed by atoms with van der Waals surface area (Å²) in [5.74, 6) is -0.291. The minimum Gasteiger partial charge on any atom is -0.403 e. The second kappa shape index (κ2) is 7.16. The van der Waals surface area contributed by atoms with E-state index in [1.165, 1.54) is 11.1 Å². The average molecular weight is 350 g/mol. The fraction of sp³-hybridized carbons (Fsp3) is 0.136. The third kappa shape index (κ3) is 3.62. The molecule has 3 aromatic carbocycles. The maximum Gasteiger partial charge on any atom is 0.349 e. The summed E-state index contributed by atoms with van der Waals surface area (Å²) in [5.41, 5.74) is 3.00. The number of benzene rings is 3. The molecule has 0 aromatic heterocycles. The van der Waals surface area contributed by atoms with Crippen LogP contribution in [0.1, 0.15) is 21.5 Å². The van der Waals surface area contributed by atoms with E-state index >= 15 is 0 Å². The van der Waals surface area contributed by atoms with Crippen molar-refractivity contribution in [2.24, 2.45) is 0 Å². The summed E-state index contributed by atoms with van der Waals surface area (Å²) in [6.45, 7) is 4.17. The fourth-order valence-electron chi connectivity index (χ4n) is 2.64. The van der Waals surface area contributed by atoms with Crippen LogP contribution in [0.2, 0.25) is 0 Å². The second-order valence-corrected chi connectivity index (χ2v) is 8.94. The van der Waals surface area contributed by atoms with Crippen LogP contribution in [0.5, 0.6) is 0 Å². The maximum absolute atomic E-state index is 12.8. The monoisotopic (exact) mass is 350 g/mol. The Balaban J connectivity index is 2.06. The standard InChI is InChI=1S/C22H22O2S/c1-17-14-15-21(16-18(17)2)25(3,20-12-8-5-9-13-20)24-22(23)19-10-6-4-7-11-19/h4-16H,1-3H3. The van der Waals surface area contributed by atoms with Crippen LogP contribution >= 0.6 is 10.3 Å². The van der Waals surface area contributed by atoms with Crippen molar-refractivity contribution in [2.45, 2.75) is 23.6 Å². The van der Waals surface area contributed by atoms with Crippen molar-refractivity contribution in [2.75, 3.05) is 6.26 Å². The summed E-state index contributed by atoms with van der Waals surface area (Å²) in [4.78, 5) is 14.8. The van der Waals surface area contributed by atoms with Gasteiger partial charge in [-0.15, -0.1) is 0 Å². The molecule has 0 N–H and O–H groups in total. The Kier molecular flexibility index (Phi) is 4.95. The van der Waals surface area contributed by atoms with Gasteiger partial charge in [0.15, 0.2) is 0 Å². The minimum atomic E-state index is -1.93. The molecule has 3 rings (SSSR count). The maximum atomic E-state index is 12.8. The lowest BCUT2D eigenvalue weighted by Gasteiger charge is -2.36. The smallest absolute Gasteiger partial charge is 0.349 e. The molecule has 0 spiro atoms. The molecule has 128 valence electrons. The number of carbonyl (C=O) groups excluding carboxylic acids is 1. The minimum absolute atomic E-state index is 0.291. The highest BCUT2D eigenvalue weighted by Crippen LogP contribution is 2.61. The number of hydrogen-bond donors (Lipinski definition) is 0. The molecule has 0 heterocycles. The van der Waals surface area contributed by atoms with Gasteiger partial charge in [-0.3, -0.25) is 0 Å². The molecule has 0 aliphatic carbocycles. The van der Waals surface area contributed by atoms with Gasteiger partial charge in [-0.2, -0.15) is 0 Å². The molecule has 0 amide bonds. The van der Waals surface area contributed by atoms with Gasteiger partial charge in [-0.25, -0.2) is 4.79 Å². The molecular weight excluding hydrogens is 328 g/mol. The Labute approximate surface area is 151 Å². The molecule has 0 saturated carbocycles. The van der Waals surface area contributed by atoms with Crippen LogP contribution in [-0.2, 0) is 4.18 Å². The molecule has 25 heavy (non-hydrogen) atoms. The molecule has 0 saturated heterocycles. The summed E-state index contributed by atoms with van der Waals surface area (Å²) in [6, 6.07) is 25.5. The number of aryl methyl sites for hydroxylation is 2. The van der Waals surface area contributed by atoms with Gasteiger partial charge in [0.05, 0.1) is 5.56 Å². The number of rotatable bonds is 4. The van der Waals surface area contributed by atoms with Crippen LogP contribution < -0.4 is 0 Å². The molecule has 0 fully saturated rings. The van der Waals surface area contributed by atoms with Crippen LogP contribution in [0.4, 0.5) is 0 Å². The highest BCUT2D eigenvalue weighted by atomic mass is 32.3. The van der Waals surface area contributed by atoms with E-state index in [1.807, 2.05) is 54.8 Å². The molecule has 0 bridgehead atoms. The van der Waals surface area contributed by atoms with Gasteiger partial charge in [0.1, 0.15) is 0 Å². The largest absolute Gasteiger partial charge is 0.403 e. The van der Waals surface area contributed by atoms with E-state index in [2.05, 4.69) is 32.0 Å². The van der Waals surface area contributed by atoms with E-state index in [-0.39, 0.29) is 5.97 Å². The molecule has 0 radical (unpaired) electrons. The Morgan fingerprint density at radius 3 is 1.96 bits per heavy atom. The van der Waals surface area contributed by atoms with E-state index in [4.69, 9.17) is 4.18 Å². The van der Waals surface area contributed by atoms with Crippen LogP contribution in [0.25, 0.3) is 0 Å². The van der Waals surface area contributed by atoms with E-state index in [9.17, 15) is 4.79 Å². The first-order valence-corrected chi connectivity index (χ1v) is 10.2. The Morgan fingerprint density at radius 2 is 1.36 bits per heavy atom. The van der Waals surface area contributed by atoms with Crippen molar-refractivity contribution in [1.29, 1.82) is 0 Å². The third-order valence-corrected chi connectivity index (χ3v) is 7.18. The summed E-state index contributed by atoms with van der Waals surface area (Å²) in [6.07, 6.45) is 2.04. The van der Waals surface area contributed by atoms with Crippen molar-refractivity contribution in [3.63, 3.8) is 0 Å². The molecule has 1 unspecified atom stereocenters. The van der Waals surface area contributed by atoms with Crippen molar-refractivity contribution in [1.82, 2.24) is 0 Å². The van der Waals surface area contributed by atoms with Gasteiger partial charge in [-0.05, 0) is 71.7 Å². The lowest BCUT2D eigenvalue weighted by molar-refractivity contribution is 0.0758. The van der Waals surface area contributed by atoms with Crippen molar-refractivity contribution in [3.8, 4) is 0 Å². The van der Waals surface area contributed by atoms with Gasteiger partial charge in [0.25, 0.3) is 0 Å². The fourth-order valence-corrected chi connectivity index (χ4v) is 4.91. The van der Waals surface area contributed by atoms with Crippen LogP contribution in [0, 0.1) is 13.8 Å². The third-order valence-electron chi connectivity index (χ3n) is 4.37. The van der Waals surface area contributed by atoms with Crippen LogP contribution in [0.3, 0.4) is 0 Å². The normalized spacial score (nSPS) is 14.4. The first kappa shape index (κ1) is 17.3. The Bertz CT molecular complexity index is 875. The number of hydrogen-bond acceptors (Lipinski definition) is 2. The highest BCUT2D eigenvalue weighted by molar-refractivity contribution is 8.29. The van der Waals surface area contributed by atoms with Gasteiger partial charge in [-0.1, -0.05) is 42.5 Å². The first-order chi connectivity index (χ1) is 12.0. The zero-order valence-electron chi connectivity index (χ0n) is 14.7. The average Bonchev–Trinajstić information content (AvgIpc) is 2.65. The molecule has 3 aromatic rings. The van der Waals surface area contributed by atoms with Gasteiger partial charge in [0, 0.05) is 16.0 Å². The summed E-state index contributed by atoms with van der Waals surface area (Å²) in [7, 11) is -1.93. The van der Waals surface area contributed by atoms with Crippen LogP contribution in [0.15, 0.2) is 88.7 Å². The van der Waals surface area contributed by atoms with E-state index < -0.39 is 10.3 Å². The van der Waals surface area contributed by atoms with Crippen molar-refractivity contribution >= 4 is 16.3 Å². The predicted octanol–water partition coefficient (Wildman–Crippen LogP) is 5.93. The van der Waals surface area contributed by atoms with Gasteiger partial charge in [0.2, 0.25) is 0 Å². The quantitative estimate of drug-likeness (QED) is 0.583. The highest BCUT2D eigenvalue weighted by Gasteiger charge is 2.29. The van der Waals surface area contributed by atoms with E-state index in [0.717, 1.165) is 9.79 Å². The summed E-state index contributed by atoms with van der Waals surface area (Å²) < 4.78 is 6.14. The predicted molar refractivity (Wildman–Crippen MR) is 104 cm³/mol. The Hall–Kier alpha value is -2.52. The van der Waals surface area contributed by atoms with Crippen molar-refractivity contribution in [3.05, 3.63) is 95.6 Å². The molecule has 3 heteroatoms. The van der Waals surface area contributed by atoms with Gasteiger partial charge < -0.3 is 4.18 Å². The summed E-state index contributed by atoms with van der Waals surface area (Å²) >= 11 is 0. The molecule has 0 aliphatic rings. The van der Waals surface area contributed by atoms with E-state index in [1.54, 1.807) is 12.1 Å². The number of carbonyl (C=O) groups is 1.